The SMILES string of the molecule is CCC(C)NCC(=O)NCC(C)(C)NS(C)(=O)=O. The van der Waals surface area contributed by atoms with Gasteiger partial charge in [0.05, 0.1) is 12.8 Å². The lowest BCUT2D eigenvalue weighted by Gasteiger charge is -2.25. The Balaban J connectivity index is 4.04. The minimum Gasteiger partial charge on any atom is -0.353 e. The van der Waals surface area contributed by atoms with Crippen molar-refractivity contribution >= 4 is 15.9 Å². The molecule has 0 aliphatic rings. The van der Waals surface area contributed by atoms with Gasteiger partial charge in [0.15, 0.2) is 0 Å². The average Bonchev–Trinajstić information content (AvgIpc) is 2.19. The van der Waals surface area contributed by atoms with Crippen LogP contribution in [-0.2, 0) is 14.8 Å². The number of carbonyl (C=O) groups excluding carboxylic acids is 1. The Kier molecular flexibility index (Phi) is 6.80. The highest BCUT2D eigenvalue weighted by Gasteiger charge is 2.22. The molecule has 0 spiro atoms. The molecule has 18 heavy (non-hydrogen) atoms. The molecule has 0 heterocycles. The van der Waals surface area contributed by atoms with E-state index in [1.54, 1.807) is 13.8 Å². The fourth-order valence-electron chi connectivity index (χ4n) is 1.33. The molecule has 7 heteroatoms. The van der Waals surface area contributed by atoms with Gasteiger partial charge in [-0.15, -0.1) is 0 Å². The predicted molar refractivity (Wildman–Crippen MR) is 72.8 cm³/mol. The number of sulfonamides is 1. The first-order chi connectivity index (χ1) is 8.06. The molecule has 0 aromatic rings. The zero-order chi connectivity index (χ0) is 14.4. The van der Waals surface area contributed by atoms with Crippen molar-refractivity contribution in [1.29, 1.82) is 0 Å². The van der Waals surface area contributed by atoms with Gasteiger partial charge in [0, 0.05) is 18.1 Å². The molecule has 0 saturated heterocycles. The fraction of sp³-hybridized carbons (Fsp3) is 0.909. The summed E-state index contributed by atoms with van der Waals surface area (Å²) < 4.78 is 24.7. The maximum atomic E-state index is 11.5. The first-order valence-electron chi connectivity index (χ1n) is 6.05. The first-order valence-corrected chi connectivity index (χ1v) is 7.94. The summed E-state index contributed by atoms with van der Waals surface area (Å²) in [6.45, 7) is 7.97. The predicted octanol–water partition coefficient (Wildman–Crippen LogP) is -0.181. The normalized spacial score (nSPS) is 14.3. The molecule has 6 nitrogen and oxygen atoms in total. The second kappa shape index (κ2) is 7.06. The van der Waals surface area contributed by atoms with Crippen molar-refractivity contribution in [3.63, 3.8) is 0 Å². The summed E-state index contributed by atoms with van der Waals surface area (Å²) in [5.41, 5.74) is -0.695. The van der Waals surface area contributed by atoms with Crippen LogP contribution in [0.15, 0.2) is 0 Å². The van der Waals surface area contributed by atoms with Crippen LogP contribution in [0.2, 0.25) is 0 Å². The molecule has 3 N–H and O–H groups in total. The molecule has 0 saturated carbocycles. The molecular weight excluding hydrogens is 254 g/mol. The topological polar surface area (TPSA) is 87.3 Å². The summed E-state index contributed by atoms with van der Waals surface area (Å²) in [4.78, 5) is 11.5. The van der Waals surface area contributed by atoms with Gasteiger partial charge in [0.2, 0.25) is 15.9 Å². The fourth-order valence-corrected chi connectivity index (χ4v) is 2.41. The molecule has 0 aliphatic carbocycles. The van der Waals surface area contributed by atoms with E-state index in [9.17, 15) is 13.2 Å². The Hall–Kier alpha value is -0.660. The monoisotopic (exact) mass is 279 g/mol. The highest BCUT2D eigenvalue weighted by atomic mass is 32.2. The Labute approximate surface area is 110 Å². The zero-order valence-electron chi connectivity index (χ0n) is 11.8. The highest BCUT2D eigenvalue weighted by Crippen LogP contribution is 2.01. The van der Waals surface area contributed by atoms with Gasteiger partial charge >= 0.3 is 0 Å². The smallest absolute Gasteiger partial charge is 0.234 e. The molecular formula is C11H25N3O3S. The van der Waals surface area contributed by atoms with Crippen LogP contribution in [0.4, 0.5) is 0 Å². The Morgan fingerprint density at radius 1 is 1.33 bits per heavy atom. The summed E-state index contributed by atoms with van der Waals surface area (Å²) in [7, 11) is -3.28. The van der Waals surface area contributed by atoms with Crippen LogP contribution in [0.1, 0.15) is 34.1 Å². The maximum absolute atomic E-state index is 11.5. The Morgan fingerprint density at radius 3 is 2.33 bits per heavy atom. The zero-order valence-corrected chi connectivity index (χ0v) is 12.6. The molecule has 0 aromatic carbocycles. The van der Waals surface area contributed by atoms with Gasteiger partial charge in [0.25, 0.3) is 0 Å². The van der Waals surface area contributed by atoms with Crippen molar-refractivity contribution in [3.05, 3.63) is 0 Å². The van der Waals surface area contributed by atoms with Crippen molar-refractivity contribution in [3.8, 4) is 0 Å². The number of rotatable bonds is 8. The number of hydrogen-bond acceptors (Lipinski definition) is 4. The molecule has 0 bridgehead atoms. The number of hydrogen-bond donors (Lipinski definition) is 3. The van der Waals surface area contributed by atoms with Gasteiger partial charge in [-0.1, -0.05) is 6.92 Å². The average molecular weight is 279 g/mol. The summed E-state index contributed by atoms with van der Waals surface area (Å²) in [5, 5.41) is 5.76. The third-order valence-electron chi connectivity index (χ3n) is 2.41. The van der Waals surface area contributed by atoms with E-state index in [1.807, 2.05) is 13.8 Å². The van der Waals surface area contributed by atoms with Crippen LogP contribution < -0.4 is 15.4 Å². The van der Waals surface area contributed by atoms with E-state index < -0.39 is 15.6 Å². The van der Waals surface area contributed by atoms with Gasteiger partial charge in [-0.25, -0.2) is 13.1 Å². The lowest BCUT2D eigenvalue weighted by Crippen LogP contribution is -2.52. The Morgan fingerprint density at radius 2 is 1.89 bits per heavy atom. The molecule has 0 fully saturated rings. The van der Waals surface area contributed by atoms with E-state index in [-0.39, 0.29) is 25.0 Å². The van der Waals surface area contributed by atoms with E-state index in [0.29, 0.717) is 0 Å². The van der Waals surface area contributed by atoms with Gasteiger partial charge < -0.3 is 10.6 Å². The number of carbonyl (C=O) groups is 1. The molecule has 0 rings (SSSR count). The van der Waals surface area contributed by atoms with Crippen LogP contribution in [0.3, 0.4) is 0 Å². The van der Waals surface area contributed by atoms with Crippen molar-refractivity contribution in [2.45, 2.75) is 45.7 Å². The second-order valence-electron chi connectivity index (χ2n) is 5.23. The molecule has 1 atom stereocenters. The van der Waals surface area contributed by atoms with Crippen molar-refractivity contribution in [1.82, 2.24) is 15.4 Å². The minimum atomic E-state index is -3.28. The van der Waals surface area contributed by atoms with Crippen LogP contribution in [0.25, 0.3) is 0 Å². The van der Waals surface area contributed by atoms with E-state index in [1.165, 1.54) is 0 Å². The van der Waals surface area contributed by atoms with Gasteiger partial charge in [-0.2, -0.15) is 0 Å². The van der Waals surface area contributed by atoms with E-state index >= 15 is 0 Å². The highest BCUT2D eigenvalue weighted by molar-refractivity contribution is 7.88. The van der Waals surface area contributed by atoms with Crippen molar-refractivity contribution in [2.24, 2.45) is 0 Å². The van der Waals surface area contributed by atoms with Gasteiger partial charge in [-0.05, 0) is 27.2 Å². The largest absolute Gasteiger partial charge is 0.353 e. The van der Waals surface area contributed by atoms with Crippen LogP contribution >= 0.6 is 0 Å². The standard InChI is InChI=1S/C11H25N3O3S/c1-6-9(2)12-7-10(15)13-8-11(3,4)14-18(5,16)17/h9,12,14H,6-8H2,1-5H3,(H,13,15). The summed E-state index contributed by atoms with van der Waals surface area (Å²) in [5.74, 6) is -0.140. The molecule has 108 valence electrons. The van der Waals surface area contributed by atoms with Crippen molar-refractivity contribution in [2.75, 3.05) is 19.3 Å². The molecule has 0 aromatic heterocycles. The van der Waals surface area contributed by atoms with E-state index in [2.05, 4.69) is 15.4 Å². The lowest BCUT2D eigenvalue weighted by molar-refractivity contribution is -0.120. The first kappa shape index (κ1) is 17.3. The van der Waals surface area contributed by atoms with Crippen LogP contribution in [0, 0.1) is 0 Å². The van der Waals surface area contributed by atoms with Crippen LogP contribution in [0.5, 0.6) is 0 Å². The van der Waals surface area contributed by atoms with Crippen LogP contribution in [-0.4, -0.2) is 45.3 Å². The minimum absolute atomic E-state index is 0.140. The van der Waals surface area contributed by atoms with E-state index in [4.69, 9.17) is 0 Å². The molecule has 0 aliphatic heterocycles. The second-order valence-corrected chi connectivity index (χ2v) is 6.97. The molecule has 1 unspecified atom stereocenters. The summed E-state index contributed by atoms with van der Waals surface area (Å²) in [6, 6.07) is 0.290. The summed E-state index contributed by atoms with van der Waals surface area (Å²) >= 11 is 0. The molecule has 1 amide bonds. The number of amides is 1. The third kappa shape index (κ3) is 9.38. The third-order valence-corrected chi connectivity index (χ3v) is 3.34. The van der Waals surface area contributed by atoms with Gasteiger partial charge in [-0.3, -0.25) is 4.79 Å². The quantitative estimate of drug-likeness (QED) is 0.575. The van der Waals surface area contributed by atoms with Gasteiger partial charge in [0.1, 0.15) is 0 Å². The lowest BCUT2D eigenvalue weighted by atomic mass is 10.1. The maximum Gasteiger partial charge on any atom is 0.234 e. The number of nitrogens with one attached hydrogen (secondary N) is 3. The summed E-state index contributed by atoms with van der Waals surface area (Å²) in [6.07, 6.45) is 2.05. The molecule has 0 radical (unpaired) electrons. The van der Waals surface area contributed by atoms with E-state index in [0.717, 1.165) is 12.7 Å². The van der Waals surface area contributed by atoms with Crippen molar-refractivity contribution < 1.29 is 13.2 Å². The Bertz CT molecular complexity index is 366.